The summed E-state index contributed by atoms with van der Waals surface area (Å²) < 4.78 is 5.55. The number of rotatable bonds is 16. The smallest absolute Gasteiger partial charge is 0.267 e. The average molecular weight is 353 g/mol. The molecule has 0 aromatic rings. The van der Waals surface area contributed by atoms with Gasteiger partial charge in [0.15, 0.2) is 0 Å². The number of ether oxygens (including phenoxy) is 1. The van der Waals surface area contributed by atoms with Gasteiger partial charge in [0, 0.05) is 13.0 Å². The number of amides is 1. The number of carbonyl (C=O) groups excluding carboxylic acids is 1. The van der Waals surface area contributed by atoms with Crippen molar-refractivity contribution in [1.82, 2.24) is 10.6 Å². The molecule has 0 aliphatic carbocycles. The first kappa shape index (κ1) is 20.7. The van der Waals surface area contributed by atoms with E-state index in [1.54, 1.807) is 0 Å². The summed E-state index contributed by atoms with van der Waals surface area (Å²) in [5.41, 5.74) is -0.666. The fourth-order valence-electron chi connectivity index (χ4n) is 4.00. The molecular formula is C21H40N2O2. The van der Waals surface area contributed by atoms with E-state index < -0.39 is 5.72 Å². The Morgan fingerprint density at radius 3 is 1.84 bits per heavy atom. The molecule has 4 heteroatoms. The third-order valence-electron chi connectivity index (χ3n) is 5.68. The van der Waals surface area contributed by atoms with Crippen LogP contribution in [0.15, 0.2) is 0 Å². The highest BCUT2D eigenvalue weighted by atomic mass is 16.6. The SMILES string of the molecule is CCCCCCCCCCCCCCCCNC(=O)C12CCC(N1)O2. The molecule has 0 radical (unpaired) electrons. The minimum absolute atomic E-state index is 0.0379. The Kier molecular flexibility index (Phi) is 9.85. The summed E-state index contributed by atoms with van der Waals surface area (Å²) in [4.78, 5) is 12.0. The normalized spacial score (nSPS) is 24.3. The van der Waals surface area contributed by atoms with Gasteiger partial charge in [0.25, 0.3) is 5.91 Å². The summed E-state index contributed by atoms with van der Waals surface area (Å²) in [5.74, 6) is 0.0379. The maximum atomic E-state index is 12.0. The summed E-state index contributed by atoms with van der Waals surface area (Å²) in [6.45, 7) is 3.06. The second-order valence-corrected chi connectivity index (χ2v) is 7.97. The third kappa shape index (κ3) is 7.26. The van der Waals surface area contributed by atoms with Crippen LogP contribution in [0.1, 0.15) is 110 Å². The molecule has 3 rings (SSSR count). The Balaban J connectivity index is 1.27. The fraction of sp³-hybridized carbons (Fsp3) is 0.952. The fourth-order valence-corrected chi connectivity index (χ4v) is 4.00. The molecule has 2 bridgehead atoms. The summed E-state index contributed by atoms with van der Waals surface area (Å²) in [7, 11) is 0. The summed E-state index contributed by atoms with van der Waals surface area (Å²) in [6.07, 6.45) is 21.0. The van der Waals surface area contributed by atoms with Gasteiger partial charge in [-0.25, -0.2) is 0 Å². The number of unbranched alkanes of at least 4 members (excludes halogenated alkanes) is 13. The zero-order chi connectivity index (χ0) is 17.8. The largest absolute Gasteiger partial charge is 0.352 e. The van der Waals surface area contributed by atoms with Crippen LogP contribution in [0.2, 0.25) is 0 Å². The van der Waals surface area contributed by atoms with Crippen LogP contribution in [-0.2, 0) is 9.53 Å². The van der Waals surface area contributed by atoms with Crippen LogP contribution in [0.4, 0.5) is 0 Å². The number of hydrogen-bond acceptors (Lipinski definition) is 3. The van der Waals surface area contributed by atoms with Gasteiger partial charge in [-0.1, -0.05) is 90.4 Å². The van der Waals surface area contributed by atoms with E-state index in [-0.39, 0.29) is 12.1 Å². The molecule has 3 saturated heterocycles. The van der Waals surface area contributed by atoms with E-state index in [9.17, 15) is 4.79 Å². The third-order valence-corrected chi connectivity index (χ3v) is 5.68. The summed E-state index contributed by atoms with van der Waals surface area (Å²) in [5, 5.41) is 6.22. The Bertz CT molecular complexity index is 361. The van der Waals surface area contributed by atoms with Gasteiger partial charge >= 0.3 is 0 Å². The maximum absolute atomic E-state index is 12.0. The van der Waals surface area contributed by atoms with Gasteiger partial charge in [-0.05, 0) is 12.8 Å². The van der Waals surface area contributed by atoms with E-state index >= 15 is 0 Å². The molecule has 2 unspecified atom stereocenters. The minimum Gasteiger partial charge on any atom is -0.352 e. The van der Waals surface area contributed by atoms with Crippen LogP contribution in [0, 0.1) is 0 Å². The molecular weight excluding hydrogens is 312 g/mol. The van der Waals surface area contributed by atoms with Crippen molar-refractivity contribution >= 4 is 5.91 Å². The first-order valence-corrected chi connectivity index (χ1v) is 11.0. The van der Waals surface area contributed by atoms with Crippen LogP contribution >= 0.6 is 0 Å². The second-order valence-electron chi connectivity index (χ2n) is 7.97. The van der Waals surface area contributed by atoms with Crippen LogP contribution < -0.4 is 10.6 Å². The zero-order valence-corrected chi connectivity index (χ0v) is 16.4. The molecule has 0 saturated carbocycles. The molecule has 3 fully saturated rings. The standard InChI is InChI=1S/C21H40N2O2/c1-2-3-4-5-6-7-8-9-10-11-12-13-14-15-18-22-20(24)21-17-16-19(23-21)25-21/h19,23H,2-18H2,1H3,(H,22,24). The van der Waals surface area contributed by atoms with Crippen molar-refractivity contribution in [3.05, 3.63) is 0 Å². The van der Waals surface area contributed by atoms with E-state index in [0.717, 1.165) is 25.8 Å². The van der Waals surface area contributed by atoms with Crippen molar-refractivity contribution in [3.8, 4) is 0 Å². The van der Waals surface area contributed by atoms with E-state index in [4.69, 9.17) is 4.74 Å². The molecule has 0 aromatic carbocycles. The lowest BCUT2D eigenvalue weighted by Crippen LogP contribution is -2.66. The second kappa shape index (κ2) is 11.9. The number of nitrogens with one attached hydrogen (secondary N) is 2. The topological polar surface area (TPSA) is 50.4 Å². The van der Waals surface area contributed by atoms with Gasteiger partial charge in [0.1, 0.15) is 6.23 Å². The van der Waals surface area contributed by atoms with Gasteiger partial charge in [0.05, 0.1) is 0 Å². The molecule has 0 aromatic heterocycles. The zero-order valence-electron chi connectivity index (χ0n) is 16.4. The molecule has 2 N–H and O–H groups in total. The molecule has 3 aliphatic rings. The lowest BCUT2D eigenvalue weighted by atomic mass is 10.0. The van der Waals surface area contributed by atoms with E-state index in [0.29, 0.717) is 0 Å². The van der Waals surface area contributed by atoms with Crippen molar-refractivity contribution in [2.45, 2.75) is 122 Å². The molecule has 25 heavy (non-hydrogen) atoms. The van der Waals surface area contributed by atoms with Crippen molar-refractivity contribution in [2.24, 2.45) is 0 Å². The Morgan fingerprint density at radius 2 is 1.40 bits per heavy atom. The molecule has 4 nitrogen and oxygen atoms in total. The van der Waals surface area contributed by atoms with Crippen LogP contribution in [-0.4, -0.2) is 24.4 Å². The van der Waals surface area contributed by atoms with Gasteiger partial charge in [-0.2, -0.15) is 0 Å². The Hall–Kier alpha value is -0.610. The van der Waals surface area contributed by atoms with E-state index in [2.05, 4.69) is 17.6 Å². The molecule has 2 atom stereocenters. The average Bonchev–Trinajstić information content (AvgIpc) is 3.20. The van der Waals surface area contributed by atoms with Crippen LogP contribution in [0.25, 0.3) is 0 Å². The van der Waals surface area contributed by atoms with Crippen LogP contribution in [0.5, 0.6) is 0 Å². The molecule has 3 aliphatic heterocycles. The van der Waals surface area contributed by atoms with Crippen LogP contribution in [0.3, 0.4) is 0 Å². The number of hydrogen-bond donors (Lipinski definition) is 2. The molecule has 146 valence electrons. The van der Waals surface area contributed by atoms with Gasteiger partial charge < -0.3 is 10.1 Å². The first-order chi connectivity index (χ1) is 12.3. The van der Waals surface area contributed by atoms with Gasteiger partial charge in [0.2, 0.25) is 5.72 Å². The predicted molar refractivity (Wildman–Crippen MR) is 103 cm³/mol. The van der Waals surface area contributed by atoms with Gasteiger partial charge in [-0.3, -0.25) is 10.1 Å². The van der Waals surface area contributed by atoms with E-state index in [1.807, 2.05) is 0 Å². The maximum Gasteiger partial charge on any atom is 0.267 e. The van der Waals surface area contributed by atoms with Gasteiger partial charge in [-0.15, -0.1) is 0 Å². The highest BCUT2D eigenvalue weighted by Gasteiger charge is 2.56. The minimum atomic E-state index is -0.666. The highest BCUT2D eigenvalue weighted by Crippen LogP contribution is 2.37. The molecule has 1 amide bonds. The van der Waals surface area contributed by atoms with Crippen molar-refractivity contribution in [3.63, 3.8) is 0 Å². The number of carbonyl (C=O) groups is 1. The Labute approximate surface area is 154 Å². The lowest BCUT2D eigenvalue weighted by molar-refractivity contribution is -0.197. The van der Waals surface area contributed by atoms with Crippen molar-refractivity contribution in [1.29, 1.82) is 0 Å². The Morgan fingerprint density at radius 1 is 0.920 bits per heavy atom. The molecule has 0 spiro atoms. The lowest BCUT2D eigenvalue weighted by Gasteiger charge is -2.38. The molecule has 3 heterocycles. The van der Waals surface area contributed by atoms with Crippen molar-refractivity contribution in [2.75, 3.05) is 6.54 Å². The summed E-state index contributed by atoms with van der Waals surface area (Å²) in [6, 6.07) is 0. The monoisotopic (exact) mass is 352 g/mol. The van der Waals surface area contributed by atoms with Crippen molar-refractivity contribution < 1.29 is 9.53 Å². The quantitative estimate of drug-likeness (QED) is 0.383. The predicted octanol–water partition coefficient (Wildman–Crippen LogP) is 5.02. The first-order valence-electron chi connectivity index (χ1n) is 11.0. The highest BCUT2D eigenvalue weighted by molar-refractivity contribution is 5.86. The number of fused-ring (bicyclic) bond motifs is 1. The summed E-state index contributed by atoms with van der Waals surface area (Å²) >= 11 is 0. The van der Waals surface area contributed by atoms with E-state index in [1.165, 1.54) is 83.5 Å².